The number of hydrogen-bond acceptors (Lipinski definition) is 2. The Labute approximate surface area is 152 Å². The van der Waals surface area contributed by atoms with E-state index in [0.29, 0.717) is 35.2 Å². The Balaban J connectivity index is 1.97. The van der Waals surface area contributed by atoms with E-state index in [9.17, 15) is 4.39 Å². The van der Waals surface area contributed by atoms with Crippen molar-refractivity contribution in [2.24, 2.45) is 4.99 Å². The summed E-state index contributed by atoms with van der Waals surface area (Å²) in [5.74, 6) is 0.240. The first-order valence-electron chi connectivity index (χ1n) is 8.07. The van der Waals surface area contributed by atoms with E-state index in [1.165, 1.54) is 18.2 Å². The highest BCUT2D eigenvalue weighted by molar-refractivity contribution is 6.30. The number of aliphatic imine (C=N–C) groups is 1. The van der Waals surface area contributed by atoms with Gasteiger partial charge < -0.3 is 10.6 Å². The molecule has 130 valence electrons. The zero-order chi connectivity index (χ0) is 18.1. The van der Waals surface area contributed by atoms with E-state index in [1.54, 1.807) is 0 Å². The minimum Gasteiger partial charge on any atom is -0.357 e. The standard InChI is InChI=1S/C19H20ClFN4/c1-2-23-19(24-9-8-14-4-3-5-17(20)11-14)25-13-16-10-15(12-22)6-7-18(16)21/h3-7,10-11H,2,8-9,13H2,1H3,(H2,23,24,25). The normalized spacial score (nSPS) is 11.0. The number of guanidine groups is 1. The summed E-state index contributed by atoms with van der Waals surface area (Å²) in [6, 6.07) is 14.0. The quantitative estimate of drug-likeness (QED) is 0.612. The maximum Gasteiger partial charge on any atom is 0.191 e. The maximum atomic E-state index is 13.8. The number of halogens is 2. The molecule has 25 heavy (non-hydrogen) atoms. The van der Waals surface area contributed by atoms with Gasteiger partial charge in [-0.2, -0.15) is 5.26 Å². The van der Waals surface area contributed by atoms with Gasteiger partial charge in [-0.05, 0) is 49.2 Å². The monoisotopic (exact) mass is 358 g/mol. The van der Waals surface area contributed by atoms with Gasteiger partial charge in [0.25, 0.3) is 0 Å². The van der Waals surface area contributed by atoms with Crippen molar-refractivity contribution in [3.05, 3.63) is 70.0 Å². The molecule has 0 radical (unpaired) electrons. The van der Waals surface area contributed by atoms with Crippen molar-refractivity contribution in [1.29, 1.82) is 5.26 Å². The summed E-state index contributed by atoms with van der Waals surface area (Å²) >= 11 is 5.98. The molecule has 0 atom stereocenters. The third-order valence-electron chi connectivity index (χ3n) is 3.52. The molecule has 0 aliphatic carbocycles. The Morgan fingerprint density at radius 3 is 2.80 bits per heavy atom. The van der Waals surface area contributed by atoms with Gasteiger partial charge in [-0.15, -0.1) is 0 Å². The van der Waals surface area contributed by atoms with Gasteiger partial charge in [-0.25, -0.2) is 9.38 Å². The van der Waals surface area contributed by atoms with Gasteiger partial charge >= 0.3 is 0 Å². The van der Waals surface area contributed by atoms with Crippen LogP contribution in [0.25, 0.3) is 0 Å². The van der Waals surface area contributed by atoms with Gasteiger partial charge in [0.1, 0.15) is 5.82 Å². The molecule has 0 aromatic heterocycles. The van der Waals surface area contributed by atoms with Crippen LogP contribution >= 0.6 is 11.6 Å². The van der Waals surface area contributed by atoms with Gasteiger partial charge in [0.05, 0.1) is 18.2 Å². The van der Waals surface area contributed by atoms with Gasteiger partial charge in [0.2, 0.25) is 0 Å². The summed E-state index contributed by atoms with van der Waals surface area (Å²) in [6.07, 6.45) is 0.795. The molecule has 2 aromatic rings. The lowest BCUT2D eigenvalue weighted by Crippen LogP contribution is -2.38. The summed E-state index contributed by atoms with van der Waals surface area (Å²) in [5.41, 5.74) is 1.94. The molecule has 0 aliphatic heterocycles. The van der Waals surface area contributed by atoms with Gasteiger partial charge in [-0.3, -0.25) is 0 Å². The molecule has 2 rings (SSSR count). The molecule has 2 aromatic carbocycles. The van der Waals surface area contributed by atoms with Crippen molar-refractivity contribution in [3.63, 3.8) is 0 Å². The zero-order valence-electron chi connectivity index (χ0n) is 14.0. The Hall–Kier alpha value is -2.58. The highest BCUT2D eigenvalue weighted by atomic mass is 35.5. The number of benzene rings is 2. The van der Waals surface area contributed by atoms with Crippen molar-refractivity contribution < 1.29 is 4.39 Å². The van der Waals surface area contributed by atoms with Crippen molar-refractivity contribution >= 4 is 17.6 Å². The molecule has 0 saturated carbocycles. The predicted octanol–water partition coefficient (Wildman–Crippen LogP) is 3.65. The third-order valence-corrected chi connectivity index (χ3v) is 3.76. The number of hydrogen-bond donors (Lipinski definition) is 2. The Kier molecular flexibility index (Phi) is 7.24. The molecular formula is C19H20ClFN4. The van der Waals surface area contributed by atoms with Crippen LogP contribution in [0.4, 0.5) is 4.39 Å². The zero-order valence-corrected chi connectivity index (χ0v) is 14.8. The lowest BCUT2D eigenvalue weighted by Gasteiger charge is -2.11. The van der Waals surface area contributed by atoms with Crippen LogP contribution in [0.15, 0.2) is 47.5 Å². The van der Waals surface area contributed by atoms with Crippen molar-refractivity contribution in [2.75, 3.05) is 13.1 Å². The Bertz CT molecular complexity index is 783. The SMILES string of the molecule is CCNC(=NCc1cc(C#N)ccc1F)NCCc1cccc(Cl)c1. The van der Waals surface area contributed by atoms with Crippen LogP contribution in [0, 0.1) is 17.1 Å². The molecule has 4 nitrogen and oxygen atoms in total. The smallest absolute Gasteiger partial charge is 0.191 e. The molecule has 0 aliphatic rings. The largest absolute Gasteiger partial charge is 0.357 e. The fourth-order valence-electron chi connectivity index (χ4n) is 2.29. The topological polar surface area (TPSA) is 60.2 Å². The van der Waals surface area contributed by atoms with Crippen LogP contribution in [-0.2, 0) is 13.0 Å². The third kappa shape index (κ3) is 6.09. The molecule has 0 spiro atoms. The molecule has 0 saturated heterocycles. The van der Waals surface area contributed by atoms with Crippen molar-refractivity contribution in [1.82, 2.24) is 10.6 Å². The highest BCUT2D eigenvalue weighted by Crippen LogP contribution is 2.12. The molecule has 6 heteroatoms. The molecule has 2 N–H and O–H groups in total. The summed E-state index contributed by atoms with van der Waals surface area (Å²) in [6.45, 7) is 3.50. The lowest BCUT2D eigenvalue weighted by molar-refractivity contribution is 0.610. The van der Waals surface area contributed by atoms with Crippen LogP contribution in [0.3, 0.4) is 0 Å². The predicted molar refractivity (Wildman–Crippen MR) is 99.1 cm³/mol. The summed E-state index contributed by atoms with van der Waals surface area (Å²) in [7, 11) is 0. The van der Waals surface area contributed by atoms with Gasteiger partial charge in [-0.1, -0.05) is 23.7 Å². The number of nitrogens with zero attached hydrogens (tertiary/aromatic N) is 2. The molecule has 0 fully saturated rings. The van der Waals surface area contributed by atoms with Crippen LogP contribution in [-0.4, -0.2) is 19.0 Å². The van der Waals surface area contributed by atoms with Gasteiger partial charge in [0.15, 0.2) is 5.96 Å². The lowest BCUT2D eigenvalue weighted by atomic mass is 10.1. The molecule has 0 unspecified atom stereocenters. The molecular weight excluding hydrogens is 339 g/mol. The maximum absolute atomic E-state index is 13.8. The number of nitrogens with one attached hydrogen (secondary N) is 2. The molecule has 0 heterocycles. The van der Waals surface area contributed by atoms with E-state index in [-0.39, 0.29) is 12.4 Å². The summed E-state index contributed by atoms with van der Waals surface area (Å²) < 4.78 is 13.8. The Morgan fingerprint density at radius 1 is 1.24 bits per heavy atom. The van der Waals surface area contributed by atoms with E-state index >= 15 is 0 Å². The average Bonchev–Trinajstić information content (AvgIpc) is 2.61. The summed E-state index contributed by atoms with van der Waals surface area (Å²) in [5, 5.41) is 16.0. The van der Waals surface area contributed by atoms with Crippen LogP contribution in [0.2, 0.25) is 5.02 Å². The fourth-order valence-corrected chi connectivity index (χ4v) is 2.50. The first-order chi connectivity index (χ1) is 12.1. The van der Waals surface area contributed by atoms with E-state index in [2.05, 4.69) is 15.6 Å². The average molecular weight is 359 g/mol. The van der Waals surface area contributed by atoms with E-state index in [1.807, 2.05) is 37.3 Å². The molecule has 0 amide bonds. The van der Waals surface area contributed by atoms with E-state index in [4.69, 9.17) is 16.9 Å². The molecule has 0 bridgehead atoms. The minimum atomic E-state index is -0.363. The first kappa shape index (κ1) is 18.8. The highest BCUT2D eigenvalue weighted by Gasteiger charge is 2.04. The summed E-state index contributed by atoms with van der Waals surface area (Å²) in [4.78, 5) is 4.39. The minimum absolute atomic E-state index is 0.161. The second kappa shape index (κ2) is 9.65. The Morgan fingerprint density at radius 2 is 2.08 bits per heavy atom. The van der Waals surface area contributed by atoms with Crippen LogP contribution in [0.1, 0.15) is 23.6 Å². The van der Waals surface area contributed by atoms with Crippen molar-refractivity contribution in [3.8, 4) is 6.07 Å². The van der Waals surface area contributed by atoms with E-state index in [0.717, 1.165) is 12.0 Å². The second-order valence-corrected chi connectivity index (χ2v) is 5.86. The first-order valence-corrected chi connectivity index (χ1v) is 8.45. The van der Waals surface area contributed by atoms with Gasteiger partial charge in [0, 0.05) is 23.7 Å². The van der Waals surface area contributed by atoms with Crippen LogP contribution < -0.4 is 10.6 Å². The van der Waals surface area contributed by atoms with Crippen molar-refractivity contribution in [2.45, 2.75) is 19.9 Å². The second-order valence-electron chi connectivity index (χ2n) is 5.42. The fraction of sp³-hybridized carbons (Fsp3) is 0.263. The number of rotatable bonds is 6. The van der Waals surface area contributed by atoms with Crippen LogP contribution in [0.5, 0.6) is 0 Å². The number of nitriles is 1. The van der Waals surface area contributed by atoms with E-state index < -0.39 is 0 Å².